The molecule has 4 heteroatoms. The molecule has 0 radical (unpaired) electrons. The molecule has 1 aromatic rings. The SMILES string of the molecule is Fc1cccc(Br)c1N1CCCNC2(CCCCC2)C1. The standard InChI is InChI=1S/C16H22BrFN2/c17-13-6-4-7-14(18)15(13)20-11-5-10-19-16(12-20)8-2-1-3-9-16/h4,6-7,19H,1-3,5,8-12H2. The Hall–Kier alpha value is -0.610. The van der Waals surface area contributed by atoms with Gasteiger partial charge in [-0.15, -0.1) is 0 Å². The maximum atomic E-state index is 14.2. The lowest BCUT2D eigenvalue weighted by molar-refractivity contribution is 0.246. The predicted octanol–water partition coefficient (Wildman–Crippen LogP) is 4.09. The Morgan fingerprint density at radius 2 is 1.95 bits per heavy atom. The number of benzene rings is 1. The van der Waals surface area contributed by atoms with E-state index in [2.05, 4.69) is 26.1 Å². The van der Waals surface area contributed by atoms with Gasteiger partial charge < -0.3 is 10.2 Å². The molecular weight excluding hydrogens is 319 g/mol. The molecule has 1 aliphatic carbocycles. The molecule has 2 fully saturated rings. The Balaban J connectivity index is 1.88. The molecule has 1 N–H and O–H groups in total. The highest BCUT2D eigenvalue weighted by atomic mass is 79.9. The van der Waals surface area contributed by atoms with Gasteiger partial charge in [-0.2, -0.15) is 0 Å². The van der Waals surface area contributed by atoms with E-state index in [1.807, 2.05) is 6.07 Å². The van der Waals surface area contributed by atoms with Crippen LogP contribution in [0.5, 0.6) is 0 Å². The highest BCUT2D eigenvalue weighted by molar-refractivity contribution is 9.10. The molecule has 20 heavy (non-hydrogen) atoms. The number of nitrogens with one attached hydrogen (secondary N) is 1. The number of hydrogen-bond acceptors (Lipinski definition) is 2. The minimum absolute atomic E-state index is 0.118. The molecule has 1 spiro atoms. The van der Waals surface area contributed by atoms with Crippen molar-refractivity contribution in [2.45, 2.75) is 44.1 Å². The third kappa shape index (κ3) is 2.86. The Kier molecular flexibility index (Phi) is 4.32. The fourth-order valence-corrected chi connectivity index (χ4v) is 4.26. The first kappa shape index (κ1) is 14.3. The van der Waals surface area contributed by atoms with Crippen LogP contribution in [0.3, 0.4) is 0 Å². The van der Waals surface area contributed by atoms with E-state index in [0.29, 0.717) is 0 Å². The van der Waals surface area contributed by atoms with Crippen LogP contribution in [0.2, 0.25) is 0 Å². The fourth-order valence-electron chi connectivity index (χ4n) is 3.67. The van der Waals surface area contributed by atoms with Crippen LogP contribution in [0.15, 0.2) is 22.7 Å². The van der Waals surface area contributed by atoms with Gasteiger partial charge in [0.15, 0.2) is 0 Å². The predicted molar refractivity (Wildman–Crippen MR) is 84.7 cm³/mol. The zero-order valence-corrected chi connectivity index (χ0v) is 13.4. The maximum absolute atomic E-state index is 14.2. The molecule has 3 rings (SSSR count). The molecule has 0 aromatic heterocycles. The molecule has 0 amide bonds. The van der Waals surface area contributed by atoms with Crippen molar-refractivity contribution in [3.05, 3.63) is 28.5 Å². The lowest BCUT2D eigenvalue weighted by Gasteiger charge is -2.40. The third-order valence-corrected chi connectivity index (χ3v) is 5.30. The normalized spacial score (nSPS) is 22.8. The quantitative estimate of drug-likeness (QED) is 0.828. The highest BCUT2D eigenvalue weighted by Gasteiger charge is 2.35. The molecule has 1 saturated carbocycles. The van der Waals surface area contributed by atoms with Gasteiger partial charge in [-0.05, 0) is 53.9 Å². The molecule has 1 heterocycles. The van der Waals surface area contributed by atoms with Crippen molar-refractivity contribution in [3.63, 3.8) is 0 Å². The van der Waals surface area contributed by atoms with Crippen LogP contribution in [0, 0.1) is 5.82 Å². The van der Waals surface area contributed by atoms with Gasteiger partial charge in [0.2, 0.25) is 0 Å². The summed E-state index contributed by atoms with van der Waals surface area (Å²) < 4.78 is 15.1. The highest BCUT2D eigenvalue weighted by Crippen LogP contribution is 2.35. The molecule has 1 saturated heterocycles. The number of hydrogen-bond donors (Lipinski definition) is 1. The van der Waals surface area contributed by atoms with E-state index in [0.717, 1.165) is 36.2 Å². The molecule has 1 aliphatic heterocycles. The Morgan fingerprint density at radius 3 is 2.70 bits per heavy atom. The second-order valence-electron chi connectivity index (χ2n) is 6.11. The topological polar surface area (TPSA) is 15.3 Å². The van der Waals surface area contributed by atoms with Gasteiger partial charge in [-0.25, -0.2) is 4.39 Å². The van der Waals surface area contributed by atoms with Gasteiger partial charge in [0.05, 0.1) is 5.69 Å². The summed E-state index contributed by atoms with van der Waals surface area (Å²) in [6.07, 6.45) is 7.43. The van der Waals surface area contributed by atoms with Crippen molar-refractivity contribution in [1.82, 2.24) is 5.32 Å². The lowest BCUT2D eigenvalue weighted by atomic mass is 9.81. The third-order valence-electron chi connectivity index (χ3n) is 4.66. The van der Waals surface area contributed by atoms with Gasteiger partial charge in [-0.3, -0.25) is 0 Å². The molecule has 2 nitrogen and oxygen atoms in total. The number of rotatable bonds is 1. The average molecular weight is 341 g/mol. The van der Waals surface area contributed by atoms with E-state index < -0.39 is 0 Å². The largest absolute Gasteiger partial charge is 0.366 e. The van der Waals surface area contributed by atoms with Crippen LogP contribution >= 0.6 is 15.9 Å². The van der Waals surface area contributed by atoms with E-state index in [4.69, 9.17) is 0 Å². The molecule has 2 aliphatic rings. The zero-order chi connectivity index (χ0) is 14.0. The minimum Gasteiger partial charge on any atom is -0.366 e. The summed E-state index contributed by atoms with van der Waals surface area (Å²) in [5.74, 6) is -0.118. The minimum atomic E-state index is -0.118. The fraction of sp³-hybridized carbons (Fsp3) is 0.625. The smallest absolute Gasteiger partial charge is 0.147 e. The number of nitrogens with zero attached hydrogens (tertiary/aromatic N) is 1. The van der Waals surface area contributed by atoms with E-state index in [-0.39, 0.29) is 11.4 Å². The molecule has 0 bridgehead atoms. The number of para-hydroxylation sites is 1. The summed E-state index contributed by atoms with van der Waals surface area (Å²) in [5, 5.41) is 3.76. The molecular formula is C16H22BrFN2. The number of anilines is 1. The average Bonchev–Trinajstić information content (AvgIpc) is 2.63. The summed E-state index contributed by atoms with van der Waals surface area (Å²) in [6.45, 7) is 2.89. The first-order valence-electron chi connectivity index (χ1n) is 7.64. The molecule has 1 aromatic carbocycles. The maximum Gasteiger partial charge on any atom is 0.147 e. The Morgan fingerprint density at radius 1 is 1.15 bits per heavy atom. The van der Waals surface area contributed by atoms with Gasteiger partial charge in [0.25, 0.3) is 0 Å². The van der Waals surface area contributed by atoms with Crippen molar-refractivity contribution in [3.8, 4) is 0 Å². The Labute approximate surface area is 128 Å². The lowest BCUT2D eigenvalue weighted by Crippen LogP contribution is -2.52. The van der Waals surface area contributed by atoms with E-state index in [1.165, 1.54) is 32.1 Å². The van der Waals surface area contributed by atoms with Crippen LogP contribution in [0.1, 0.15) is 38.5 Å². The summed E-state index contributed by atoms with van der Waals surface area (Å²) in [6, 6.07) is 5.26. The molecule has 0 atom stereocenters. The summed E-state index contributed by atoms with van der Waals surface area (Å²) in [5.41, 5.74) is 0.928. The van der Waals surface area contributed by atoms with Crippen molar-refractivity contribution in [1.29, 1.82) is 0 Å². The monoisotopic (exact) mass is 340 g/mol. The van der Waals surface area contributed by atoms with Crippen LogP contribution in [-0.2, 0) is 0 Å². The molecule has 110 valence electrons. The second-order valence-corrected chi connectivity index (χ2v) is 6.97. The van der Waals surface area contributed by atoms with E-state index >= 15 is 0 Å². The summed E-state index contributed by atoms with van der Waals surface area (Å²) >= 11 is 3.52. The number of halogens is 2. The van der Waals surface area contributed by atoms with Crippen LogP contribution < -0.4 is 10.2 Å². The van der Waals surface area contributed by atoms with Crippen molar-refractivity contribution in [2.75, 3.05) is 24.5 Å². The molecule has 0 unspecified atom stereocenters. The van der Waals surface area contributed by atoms with Crippen LogP contribution in [0.4, 0.5) is 10.1 Å². The van der Waals surface area contributed by atoms with Crippen molar-refractivity contribution in [2.24, 2.45) is 0 Å². The van der Waals surface area contributed by atoms with Crippen LogP contribution in [-0.4, -0.2) is 25.2 Å². The van der Waals surface area contributed by atoms with Crippen molar-refractivity contribution >= 4 is 21.6 Å². The van der Waals surface area contributed by atoms with Gasteiger partial charge >= 0.3 is 0 Å². The summed E-state index contributed by atoms with van der Waals surface area (Å²) in [4.78, 5) is 2.24. The van der Waals surface area contributed by atoms with Gasteiger partial charge in [0, 0.05) is 23.1 Å². The van der Waals surface area contributed by atoms with Gasteiger partial charge in [-0.1, -0.05) is 25.3 Å². The van der Waals surface area contributed by atoms with Crippen molar-refractivity contribution < 1.29 is 4.39 Å². The summed E-state index contributed by atoms with van der Waals surface area (Å²) in [7, 11) is 0. The van der Waals surface area contributed by atoms with E-state index in [1.54, 1.807) is 12.1 Å². The van der Waals surface area contributed by atoms with E-state index in [9.17, 15) is 4.39 Å². The zero-order valence-electron chi connectivity index (χ0n) is 11.8. The van der Waals surface area contributed by atoms with Gasteiger partial charge in [0.1, 0.15) is 5.82 Å². The second kappa shape index (κ2) is 6.02. The van der Waals surface area contributed by atoms with Crippen LogP contribution in [0.25, 0.3) is 0 Å². The Bertz CT molecular complexity index is 451. The first-order valence-corrected chi connectivity index (χ1v) is 8.44. The first-order chi connectivity index (χ1) is 9.70.